The number of hydrogen-bond donors (Lipinski definition) is 1. The number of hydrogen-bond acceptors (Lipinski definition) is 2. The Kier molecular flexibility index (Phi) is 3.68. The fourth-order valence-electron chi connectivity index (χ4n) is 2.76. The van der Waals surface area contributed by atoms with Gasteiger partial charge in [-0.05, 0) is 37.5 Å². The van der Waals surface area contributed by atoms with E-state index in [4.69, 9.17) is 11.6 Å². The molecule has 1 unspecified atom stereocenters. The number of nitrogens with one attached hydrogen (secondary N) is 1. The summed E-state index contributed by atoms with van der Waals surface area (Å²) in [5.74, 6) is -1.02. The molecule has 1 atom stereocenters. The van der Waals surface area contributed by atoms with Gasteiger partial charge in [0, 0.05) is 23.3 Å². The molecule has 0 bridgehead atoms. The summed E-state index contributed by atoms with van der Waals surface area (Å²) in [6, 6.07) is 3.84. The van der Waals surface area contributed by atoms with Gasteiger partial charge in [0.05, 0.1) is 17.8 Å². The topological polar surface area (TPSA) is 46.9 Å². The number of halogens is 2. The molecule has 0 fully saturated rings. The summed E-state index contributed by atoms with van der Waals surface area (Å²) in [5, 5.41) is 7.45. The van der Waals surface area contributed by atoms with Crippen LogP contribution in [-0.2, 0) is 13.5 Å². The molecule has 0 saturated heterocycles. The van der Waals surface area contributed by atoms with Crippen LogP contribution in [0.25, 0.3) is 0 Å². The third kappa shape index (κ3) is 2.65. The van der Waals surface area contributed by atoms with Gasteiger partial charge in [0.1, 0.15) is 5.82 Å². The van der Waals surface area contributed by atoms with Gasteiger partial charge in [-0.3, -0.25) is 9.48 Å². The van der Waals surface area contributed by atoms with Crippen molar-refractivity contribution >= 4 is 17.5 Å². The van der Waals surface area contributed by atoms with Crippen LogP contribution in [0.1, 0.15) is 40.5 Å². The molecule has 1 aliphatic rings. The third-order valence-electron chi connectivity index (χ3n) is 3.85. The molecule has 1 N–H and O–H groups in total. The van der Waals surface area contributed by atoms with Gasteiger partial charge in [-0.2, -0.15) is 5.10 Å². The zero-order valence-corrected chi connectivity index (χ0v) is 12.3. The Morgan fingerprint density at radius 3 is 3.14 bits per heavy atom. The highest BCUT2D eigenvalue weighted by molar-refractivity contribution is 6.31. The number of nitrogens with zero attached hydrogens (tertiary/aromatic N) is 2. The van der Waals surface area contributed by atoms with E-state index in [1.807, 2.05) is 11.7 Å². The summed E-state index contributed by atoms with van der Waals surface area (Å²) in [7, 11) is 1.89. The van der Waals surface area contributed by atoms with Crippen LogP contribution in [0.4, 0.5) is 4.39 Å². The smallest absolute Gasteiger partial charge is 0.254 e. The van der Waals surface area contributed by atoms with Gasteiger partial charge in [-0.1, -0.05) is 11.6 Å². The molecule has 4 nitrogen and oxygen atoms in total. The third-order valence-corrected chi connectivity index (χ3v) is 4.09. The van der Waals surface area contributed by atoms with Gasteiger partial charge >= 0.3 is 0 Å². The monoisotopic (exact) mass is 307 g/mol. The van der Waals surface area contributed by atoms with Crippen molar-refractivity contribution < 1.29 is 9.18 Å². The number of benzene rings is 1. The fraction of sp³-hybridized carbons (Fsp3) is 0.333. The van der Waals surface area contributed by atoms with Gasteiger partial charge < -0.3 is 5.32 Å². The minimum atomic E-state index is -0.570. The normalized spacial score (nSPS) is 17.4. The molecule has 0 radical (unpaired) electrons. The molecule has 1 aromatic heterocycles. The second-order valence-corrected chi connectivity index (χ2v) is 5.65. The Bertz CT molecular complexity index is 698. The lowest BCUT2D eigenvalue weighted by atomic mass is 9.92. The molecule has 0 aliphatic heterocycles. The van der Waals surface area contributed by atoms with Crippen molar-refractivity contribution in [3.63, 3.8) is 0 Å². The predicted octanol–water partition coefficient (Wildman–Crippen LogP) is 3.02. The fourth-order valence-corrected chi connectivity index (χ4v) is 2.94. The molecule has 21 heavy (non-hydrogen) atoms. The van der Waals surface area contributed by atoms with Crippen LogP contribution in [-0.4, -0.2) is 15.7 Å². The quantitative estimate of drug-likeness (QED) is 0.927. The molecule has 0 saturated carbocycles. The maximum Gasteiger partial charge on any atom is 0.254 e. The first-order valence-electron chi connectivity index (χ1n) is 6.83. The molecule has 1 aromatic carbocycles. The zero-order chi connectivity index (χ0) is 15.0. The second kappa shape index (κ2) is 5.48. The summed E-state index contributed by atoms with van der Waals surface area (Å²) in [6.45, 7) is 0. The summed E-state index contributed by atoms with van der Waals surface area (Å²) in [6.07, 6.45) is 4.51. The van der Waals surface area contributed by atoms with E-state index >= 15 is 0 Å². The first kappa shape index (κ1) is 14.1. The van der Waals surface area contributed by atoms with E-state index in [-0.39, 0.29) is 11.6 Å². The first-order chi connectivity index (χ1) is 10.1. The summed E-state index contributed by atoms with van der Waals surface area (Å²) in [4.78, 5) is 12.3. The number of aromatic nitrogens is 2. The highest BCUT2D eigenvalue weighted by Gasteiger charge is 2.25. The van der Waals surface area contributed by atoms with Crippen LogP contribution in [0, 0.1) is 5.82 Å². The maximum absolute atomic E-state index is 13.7. The van der Waals surface area contributed by atoms with Gasteiger partial charge in [-0.25, -0.2) is 4.39 Å². The summed E-state index contributed by atoms with van der Waals surface area (Å²) in [5.41, 5.74) is 2.11. The molecule has 1 amide bonds. The van der Waals surface area contributed by atoms with E-state index in [9.17, 15) is 9.18 Å². The zero-order valence-electron chi connectivity index (χ0n) is 11.6. The molecule has 1 heterocycles. The number of amides is 1. The number of carbonyl (C=O) groups is 1. The predicted molar refractivity (Wildman–Crippen MR) is 77.8 cm³/mol. The van der Waals surface area contributed by atoms with Crippen molar-refractivity contribution in [2.45, 2.75) is 25.3 Å². The molecule has 6 heteroatoms. The lowest BCUT2D eigenvalue weighted by Crippen LogP contribution is -2.31. The first-order valence-corrected chi connectivity index (χ1v) is 7.20. The minimum absolute atomic E-state index is 0.0292. The lowest BCUT2D eigenvalue weighted by Gasteiger charge is -2.24. The molecular weight excluding hydrogens is 293 g/mol. The minimum Gasteiger partial charge on any atom is -0.345 e. The molecular formula is C15H15ClFN3O. The van der Waals surface area contributed by atoms with Crippen molar-refractivity contribution in [2.75, 3.05) is 0 Å². The standard InChI is InChI=1S/C15H15ClFN3O/c1-20-14-4-2-3-13(11(14)8-18-20)19-15(21)10-7-9(16)5-6-12(10)17/h5-8,13H,2-4H2,1H3,(H,19,21). The number of carbonyl (C=O) groups excluding carboxylic acids is 1. The van der Waals surface area contributed by atoms with Gasteiger partial charge in [-0.15, -0.1) is 0 Å². The molecule has 1 aliphatic carbocycles. The Morgan fingerprint density at radius 2 is 2.33 bits per heavy atom. The van der Waals surface area contributed by atoms with Crippen LogP contribution in [0.5, 0.6) is 0 Å². The van der Waals surface area contributed by atoms with Gasteiger partial charge in [0.15, 0.2) is 0 Å². The maximum atomic E-state index is 13.7. The van der Waals surface area contributed by atoms with E-state index in [0.29, 0.717) is 5.02 Å². The number of aryl methyl sites for hydroxylation is 1. The highest BCUT2D eigenvalue weighted by Crippen LogP contribution is 2.29. The summed E-state index contributed by atoms with van der Waals surface area (Å²) < 4.78 is 15.6. The largest absolute Gasteiger partial charge is 0.345 e. The van der Waals surface area contributed by atoms with E-state index in [1.165, 1.54) is 18.2 Å². The van der Waals surface area contributed by atoms with E-state index < -0.39 is 11.7 Å². The number of fused-ring (bicyclic) bond motifs is 1. The SMILES string of the molecule is Cn1ncc2c1CCCC2NC(=O)c1cc(Cl)ccc1F. The molecule has 2 aromatic rings. The van der Waals surface area contributed by atoms with E-state index in [1.54, 1.807) is 6.20 Å². The van der Waals surface area contributed by atoms with Gasteiger partial charge in [0.2, 0.25) is 0 Å². The van der Waals surface area contributed by atoms with Crippen molar-refractivity contribution in [1.29, 1.82) is 0 Å². The second-order valence-electron chi connectivity index (χ2n) is 5.21. The van der Waals surface area contributed by atoms with Crippen LogP contribution < -0.4 is 5.32 Å². The Hall–Kier alpha value is -1.88. The van der Waals surface area contributed by atoms with Crippen LogP contribution in [0.2, 0.25) is 5.02 Å². The van der Waals surface area contributed by atoms with Crippen LogP contribution in [0.3, 0.4) is 0 Å². The molecule has 0 spiro atoms. The average Bonchev–Trinajstić information content (AvgIpc) is 2.84. The van der Waals surface area contributed by atoms with E-state index in [2.05, 4.69) is 10.4 Å². The van der Waals surface area contributed by atoms with Crippen LogP contribution in [0.15, 0.2) is 24.4 Å². The Morgan fingerprint density at radius 1 is 1.52 bits per heavy atom. The molecule has 110 valence electrons. The highest BCUT2D eigenvalue weighted by atomic mass is 35.5. The number of rotatable bonds is 2. The Balaban J connectivity index is 1.84. The Labute approximate surface area is 126 Å². The average molecular weight is 308 g/mol. The van der Waals surface area contributed by atoms with Crippen molar-refractivity contribution in [3.8, 4) is 0 Å². The lowest BCUT2D eigenvalue weighted by molar-refractivity contribution is 0.0928. The van der Waals surface area contributed by atoms with Gasteiger partial charge in [0.25, 0.3) is 5.91 Å². The summed E-state index contributed by atoms with van der Waals surface area (Å²) >= 11 is 5.83. The van der Waals surface area contributed by atoms with Crippen molar-refractivity contribution in [2.24, 2.45) is 7.05 Å². The van der Waals surface area contributed by atoms with E-state index in [0.717, 1.165) is 30.5 Å². The van der Waals surface area contributed by atoms with Crippen LogP contribution >= 0.6 is 11.6 Å². The van der Waals surface area contributed by atoms with Crippen molar-refractivity contribution in [3.05, 3.63) is 52.1 Å². The van der Waals surface area contributed by atoms with Crippen molar-refractivity contribution in [1.82, 2.24) is 15.1 Å². The molecule has 3 rings (SSSR count).